The molecule has 0 N–H and O–H groups in total. The highest BCUT2D eigenvalue weighted by Gasteiger charge is 2.33. The minimum absolute atomic E-state index is 0.307. The number of rotatable bonds is 3. The molecular weight excluding hydrogens is 275 g/mol. The summed E-state index contributed by atoms with van der Waals surface area (Å²) in [5.74, 6) is -1.80. The number of esters is 1. The molecule has 0 atom stereocenters. The number of alkyl halides is 3. The van der Waals surface area contributed by atoms with Crippen LogP contribution in [-0.4, -0.2) is 16.6 Å². The van der Waals surface area contributed by atoms with Crippen LogP contribution in [0.3, 0.4) is 0 Å². The van der Waals surface area contributed by atoms with E-state index in [4.69, 9.17) is 0 Å². The van der Waals surface area contributed by atoms with E-state index in [1.165, 1.54) is 0 Å². The van der Waals surface area contributed by atoms with E-state index < -0.39 is 34.1 Å². The monoisotopic (exact) mass is 281 g/mol. The van der Waals surface area contributed by atoms with E-state index in [9.17, 15) is 28.1 Å². The maximum Gasteiger partial charge on any atom is 0.416 e. The second-order valence-corrected chi connectivity index (χ2v) is 3.39. The van der Waals surface area contributed by atoms with Crippen LogP contribution in [0.15, 0.2) is 18.2 Å². The molecule has 9 heteroatoms. The second kappa shape index (κ2) is 5.25. The van der Waals surface area contributed by atoms with Crippen LogP contribution in [0.1, 0.15) is 5.56 Å². The summed E-state index contributed by atoms with van der Waals surface area (Å²) in [6.45, 7) is 0. The van der Waals surface area contributed by atoms with Crippen molar-refractivity contribution in [1.29, 1.82) is 0 Å². The number of nitrogens with zero attached hydrogens (tertiary/aromatic N) is 1. The fraction of sp³-hybridized carbons (Fsp3) is 0.222. The third-order valence-corrected chi connectivity index (χ3v) is 2.09. The van der Waals surface area contributed by atoms with E-state index in [0.29, 0.717) is 12.1 Å². The summed E-state index contributed by atoms with van der Waals surface area (Å²) >= 11 is 3.57. The number of carbonyl (C=O) groups is 1. The fourth-order valence-electron chi connectivity index (χ4n) is 1.08. The minimum atomic E-state index is -4.71. The van der Waals surface area contributed by atoms with Crippen LogP contribution in [0.25, 0.3) is 0 Å². The standard InChI is InChI=1S/C9H6F3NO4S/c10-9(11,12)5-1-2-7(17-8(14)4-18)6(3-5)13(15)16/h1-3,18H,4H2. The Hall–Kier alpha value is -1.77. The first-order valence-electron chi connectivity index (χ1n) is 4.43. The first-order valence-corrected chi connectivity index (χ1v) is 5.06. The fourth-order valence-corrected chi connectivity index (χ4v) is 1.14. The molecule has 0 aliphatic rings. The molecule has 5 nitrogen and oxygen atoms in total. The van der Waals surface area contributed by atoms with Crippen molar-refractivity contribution in [3.63, 3.8) is 0 Å². The van der Waals surface area contributed by atoms with Crippen molar-refractivity contribution in [2.24, 2.45) is 0 Å². The molecule has 0 amide bonds. The van der Waals surface area contributed by atoms with E-state index >= 15 is 0 Å². The van der Waals surface area contributed by atoms with Crippen molar-refractivity contribution in [1.82, 2.24) is 0 Å². The lowest BCUT2D eigenvalue weighted by Gasteiger charge is -2.08. The maximum absolute atomic E-state index is 12.3. The number of hydrogen-bond acceptors (Lipinski definition) is 5. The first-order chi connectivity index (χ1) is 8.25. The Balaban J connectivity index is 3.21. The second-order valence-electron chi connectivity index (χ2n) is 3.07. The van der Waals surface area contributed by atoms with Gasteiger partial charge in [0.25, 0.3) is 0 Å². The van der Waals surface area contributed by atoms with Gasteiger partial charge in [-0.2, -0.15) is 25.8 Å². The third-order valence-electron chi connectivity index (χ3n) is 1.84. The van der Waals surface area contributed by atoms with Crippen molar-refractivity contribution >= 4 is 24.3 Å². The highest BCUT2D eigenvalue weighted by atomic mass is 32.1. The average molecular weight is 281 g/mol. The minimum Gasteiger partial charge on any atom is -0.419 e. The molecule has 0 unspecified atom stereocenters. The number of carbonyl (C=O) groups excluding carboxylic acids is 1. The number of halogens is 3. The lowest BCUT2D eigenvalue weighted by atomic mass is 10.2. The van der Waals surface area contributed by atoms with Gasteiger partial charge in [0, 0.05) is 6.07 Å². The Kier molecular flexibility index (Phi) is 4.17. The van der Waals surface area contributed by atoms with E-state index in [-0.39, 0.29) is 5.75 Å². The summed E-state index contributed by atoms with van der Waals surface area (Å²) in [6.07, 6.45) is -4.71. The van der Waals surface area contributed by atoms with Crippen molar-refractivity contribution in [2.45, 2.75) is 6.18 Å². The summed E-state index contributed by atoms with van der Waals surface area (Å²) in [6, 6.07) is 1.62. The largest absolute Gasteiger partial charge is 0.419 e. The van der Waals surface area contributed by atoms with Crippen LogP contribution in [-0.2, 0) is 11.0 Å². The molecule has 0 aliphatic heterocycles. The Morgan fingerprint density at radius 1 is 1.44 bits per heavy atom. The van der Waals surface area contributed by atoms with Crippen LogP contribution < -0.4 is 4.74 Å². The van der Waals surface area contributed by atoms with Gasteiger partial charge < -0.3 is 4.74 Å². The van der Waals surface area contributed by atoms with Gasteiger partial charge >= 0.3 is 17.8 Å². The highest BCUT2D eigenvalue weighted by molar-refractivity contribution is 7.81. The molecule has 0 saturated carbocycles. The molecule has 0 aromatic heterocycles. The van der Waals surface area contributed by atoms with Gasteiger partial charge in [0.05, 0.1) is 16.2 Å². The van der Waals surface area contributed by atoms with Crippen LogP contribution in [0.5, 0.6) is 5.75 Å². The Morgan fingerprint density at radius 3 is 2.50 bits per heavy atom. The molecule has 0 spiro atoms. The van der Waals surface area contributed by atoms with E-state index in [2.05, 4.69) is 17.4 Å². The van der Waals surface area contributed by atoms with Crippen molar-refractivity contribution in [3.05, 3.63) is 33.9 Å². The third kappa shape index (κ3) is 3.36. The van der Waals surface area contributed by atoms with Gasteiger partial charge in [-0.3, -0.25) is 14.9 Å². The first kappa shape index (κ1) is 14.3. The zero-order valence-corrected chi connectivity index (χ0v) is 9.49. The number of thiol groups is 1. The topological polar surface area (TPSA) is 69.4 Å². The summed E-state index contributed by atoms with van der Waals surface area (Å²) in [4.78, 5) is 20.4. The van der Waals surface area contributed by atoms with Crippen LogP contribution in [0.4, 0.5) is 18.9 Å². The quantitative estimate of drug-likeness (QED) is 0.304. The molecule has 0 aliphatic carbocycles. The van der Waals surface area contributed by atoms with Gasteiger partial charge in [0.2, 0.25) is 5.75 Å². The summed E-state index contributed by atoms with van der Waals surface area (Å²) in [5.41, 5.74) is -2.13. The zero-order valence-electron chi connectivity index (χ0n) is 8.60. The number of nitro benzene ring substituents is 1. The van der Waals surface area contributed by atoms with Gasteiger partial charge in [-0.1, -0.05) is 0 Å². The molecule has 1 aromatic rings. The van der Waals surface area contributed by atoms with Crippen LogP contribution in [0, 0.1) is 10.1 Å². The Bertz CT molecular complexity index is 489. The molecule has 0 fully saturated rings. The SMILES string of the molecule is O=C(CS)Oc1ccc(C(F)(F)F)cc1[N+](=O)[O-]. The van der Waals surface area contributed by atoms with Gasteiger partial charge in [-0.25, -0.2) is 0 Å². The average Bonchev–Trinajstić information content (AvgIpc) is 2.27. The lowest BCUT2D eigenvalue weighted by Crippen LogP contribution is -2.11. The Morgan fingerprint density at radius 2 is 2.06 bits per heavy atom. The normalized spacial score (nSPS) is 11.1. The van der Waals surface area contributed by atoms with E-state index in [1.807, 2.05) is 0 Å². The summed E-state index contributed by atoms with van der Waals surface area (Å²) in [5, 5.41) is 10.6. The maximum atomic E-state index is 12.3. The smallest absolute Gasteiger partial charge is 0.416 e. The molecule has 0 radical (unpaired) electrons. The Labute approximate surface area is 104 Å². The van der Waals surface area contributed by atoms with Gasteiger partial charge in [0.15, 0.2) is 0 Å². The predicted octanol–water partition coefficient (Wildman–Crippen LogP) is 2.45. The summed E-state index contributed by atoms with van der Waals surface area (Å²) < 4.78 is 41.5. The van der Waals surface area contributed by atoms with Crippen molar-refractivity contribution < 1.29 is 27.6 Å². The van der Waals surface area contributed by atoms with Crippen molar-refractivity contribution in [3.8, 4) is 5.75 Å². The molecule has 1 aromatic carbocycles. The lowest BCUT2D eigenvalue weighted by molar-refractivity contribution is -0.385. The molecule has 0 bridgehead atoms. The number of ether oxygens (including phenoxy) is 1. The van der Waals surface area contributed by atoms with Gasteiger partial charge in [-0.05, 0) is 12.1 Å². The molecule has 18 heavy (non-hydrogen) atoms. The molecule has 0 saturated heterocycles. The molecule has 0 heterocycles. The molecule has 1 rings (SSSR count). The number of benzene rings is 1. The van der Waals surface area contributed by atoms with Crippen molar-refractivity contribution in [2.75, 3.05) is 5.75 Å². The highest BCUT2D eigenvalue weighted by Crippen LogP contribution is 2.36. The van der Waals surface area contributed by atoms with Crippen LogP contribution >= 0.6 is 12.6 Å². The van der Waals surface area contributed by atoms with E-state index in [1.54, 1.807) is 0 Å². The van der Waals surface area contributed by atoms with Gasteiger partial charge in [-0.15, -0.1) is 0 Å². The zero-order chi connectivity index (χ0) is 13.9. The summed E-state index contributed by atoms with van der Waals surface area (Å²) in [7, 11) is 0. The number of nitro groups is 1. The number of hydrogen-bond donors (Lipinski definition) is 1. The molecule has 98 valence electrons. The van der Waals surface area contributed by atoms with E-state index in [0.717, 1.165) is 6.07 Å². The van der Waals surface area contributed by atoms with Gasteiger partial charge in [0.1, 0.15) is 0 Å². The van der Waals surface area contributed by atoms with Crippen LogP contribution in [0.2, 0.25) is 0 Å². The molecular formula is C9H6F3NO4S. The predicted molar refractivity (Wildman–Crippen MR) is 57.6 cm³/mol.